The van der Waals surface area contributed by atoms with E-state index in [-0.39, 0.29) is 5.41 Å². The Kier molecular flexibility index (Phi) is 3.71. The highest BCUT2D eigenvalue weighted by molar-refractivity contribution is 6.19. The second-order valence-electron chi connectivity index (χ2n) is 9.79. The van der Waals surface area contributed by atoms with E-state index in [0.717, 1.165) is 0 Å². The number of hydrogen-bond donors (Lipinski definition) is 0. The van der Waals surface area contributed by atoms with Crippen LogP contribution in [0.4, 0.5) is 0 Å². The fraction of sp³-hybridized carbons (Fsp3) is 0.0909. The van der Waals surface area contributed by atoms with Gasteiger partial charge < -0.3 is 0 Å². The van der Waals surface area contributed by atoms with Gasteiger partial charge in [0.05, 0.1) is 0 Å². The third-order valence-corrected chi connectivity index (χ3v) is 7.60. The summed E-state index contributed by atoms with van der Waals surface area (Å²) in [4.78, 5) is 0. The Bertz CT molecular complexity index is 1730. The van der Waals surface area contributed by atoms with Gasteiger partial charge in [-0.1, -0.05) is 111 Å². The second-order valence-corrected chi connectivity index (χ2v) is 9.79. The first-order valence-corrected chi connectivity index (χ1v) is 11.7. The van der Waals surface area contributed by atoms with E-state index in [9.17, 15) is 0 Å². The maximum absolute atomic E-state index is 2.40. The van der Waals surface area contributed by atoms with E-state index >= 15 is 0 Å². The third-order valence-electron chi connectivity index (χ3n) is 7.60. The summed E-state index contributed by atoms with van der Waals surface area (Å²) in [6.07, 6.45) is 0. The largest absolute Gasteiger partial charge is 0.0619 e. The van der Waals surface area contributed by atoms with Crippen molar-refractivity contribution in [1.29, 1.82) is 0 Å². The van der Waals surface area contributed by atoms with E-state index in [1.807, 2.05) is 0 Å². The van der Waals surface area contributed by atoms with Crippen LogP contribution in [0.3, 0.4) is 0 Å². The Balaban J connectivity index is 1.57. The molecule has 0 amide bonds. The summed E-state index contributed by atoms with van der Waals surface area (Å²) in [6, 6.07) is 40.3. The molecule has 0 nitrogen and oxygen atoms in total. The maximum Gasteiger partial charge on any atom is 0.0165 e. The van der Waals surface area contributed by atoms with Gasteiger partial charge >= 0.3 is 0 Å². The van der Waals surface area contributed by atoms with Crippen molar-refractivity contribution < 1.29 is 0 Å². The standard InChI is InChI=1S/C33H24/c1-33(2)30-14-8-7-13-28(30)31-26-12-6-5-11-25(26)29-20-24(17-18-27(29)32(31)33)23-16-15-21-9-3-4-10-22(21)19-23/h3-20H,1-2H3. The van der Waals surface area contributed by atoms with Crippen LogP contribution in [0.15, 0.2) is 109 Å². The van der Waals surface area contributed by atoms with E-state index in [0.29, 0.717) is 0 Å². The molecule has 1 aliphatic rings. The molecule has 0 saturated carbocycles. The van der Waals surface area contributed by atoms with E-state index < -0.39 is 0 Å². The van der Waals surface area contributed by atoms with Crippen LogP contribution in [0.1, 0.15) is 25.0 Å². The molecule has 6 aromatic carbocycles. The summed E-state index contributed by atoms with van der Waals surface area (Å²) in [5.41, 5.74) is 8.19. The molecule has 0 saturated heterocycles. The highest BCUT2D eigenvalue weighted by Crippen LogP contribution is 2.54. The minimum Gasteiger partial charge on any atom is -0.0619 e. The van der Waals surface area contributed by atoms with E-state index in [1.54, 1.807) is 0 Å². The second kappa shape index (κ2) is 6.56. The number of hydrogen-bond acceptors (Lipinski definition) is 0. The number of fused-ring (bicyclic) bond motifs is 9. The van der Waals surface area contributed by atoms with Gasteiger partial charge in [-0.3, -0.25) is 0 Å². The molecule has 0 heteroatoms. The van der Waals surface area contributed by atoms with Crippen LogP contribution in [-0.4, -0.2) is 0 Å². The minimum atomic E-state index is -0.0291. The predicted octanol–water partition coefficient (Wildman–Crippen LogP) is 9.12. The molecule has 1 aliphatic carbocycles. The molecular formula is C33H24. The summed E-state index contributed by atoms with van der Waals surface area (Å²) in [5, 5.41) is 7.97. The summed E-state index contributed by atoms with van der Waals surface area (Å²) in [5.74, 6) is 0. The third kappa shape index (κ3) is 2.52. The molecule has 0 bridgehead atoms. The van der Waals surface area contributed by atoms with Gasteiger partial charge in [0, 0.05) is 5.41 Å². The Morgan fingerprint density at radius 2 is 1.15 bits per heavy atom. The van der Waals surface area contributed by atoms with Gasteiger partial charge in [-0.05, 0) is 77.8 Å². The van der Waals surface area contributed by atoms with Crippen LogP contribution in [0, 0.1) is 0 Å². The summed E-state index contributed by atoms with van der Waals surface area (Å²) >= 11 is 0. The van der Waals surface area contributed by atoms with E-state index in [1.165, 1.54) is 65.7 Å². The lowest BCUT2D eigenvalue weighted by Crippen LogP contribution is -2.15. The van der Waals surface area contributed by atoms with Gasteiger partial charge in [0.2, 0.25) is 0 Å². The van der Waals surface area contributed by atoms with Gasteiger partial charge in [-0.2, -0.15) is 0 Å². The van der Waals surface area contributed by atoms with Crippen molar-refractivity contribution in [3.8, 4) is 22.3 Å². The van der Waals surface area contributed by atoms with E-state index in [2.05, 4.69) is 123 Å². The lowest BCUT2D eigenvalue weighted by atomic mass is 9.79. The minimum absolute atomic E-state index is 0.0291. The van der Waals surface area contributed by atoms with Crippen molar-refractivity contribution in [2.45, 2.75) is 19.3 Å². The molecule has 0 heterocycles. The fourth-order valence-electron chi connectivity index (χ4n) is 6.05. The first-order valence-electron chi connectivity index (χ1n) is 11.7. The Morgan fingerprint density at radius 1 is 0.485 bits per heavy atom. The van der Waals surface area contributed by atoms with Gasteiger partial charge in [-0.15, -0.1) is 0 Å². The van der Waals surface area contributed by atoms with Gasteiger partial charge in [-0.25, -0.2) is 0 Å². The predicted molar refractivity (Wildman–Crippen MR) is 142 cm³/mol. The lowest BCUT2D eigenvalue weighted by molar-refractivity contribution is 0.666. The molecule has 0 unspecified atom stereocenters. The highest BCUT2D eigenvalue weighted by atomic mass is 14.4. The van der Waals surface area contributed by atoms with Gasteiger partial charge in [0.25, 0.3) is 0 Å². The molecule has 33 heavy (non-hydrogen) atoms. The van der Waals surface area contributed by atoms with Crippen molar-refractivity contribution in [2.24, 2.45) is 0 Å². The zero-order chi connectivity index (χ0) is 22.2. The lowest BCUT2D eigenvalue weighted by Gasteiger charge is -2.24. The average molecular weight is 421 g/mol. The molecule has 0 fully saturated rings. The Labute approximate surface area is 194 Å². The van der Waals surface area contributed by atoms with Crippen LogP contribution in [0.2, 0.25) is 0 Å². The quantitative estimate of drug-likeness (QED) is 0.233. The number of benzene rings is 6. The first-order chi connectivity index (χ1) is 16.1. The topological polar surface area (TPSA) is 0 Å². The maximum atomic E-state index is 2.40. The van der Waals surface area contributed by atoms with Crippen molar-refractivity contribution in [3.63, 3.8) is 0 Å². The molecular weight excluding hydrogens is 396 g/mol. The molecule has 7 rings (SSSR count). The van der Waals surface area contributed by atoms with E-state index in [4.69, 9.17) is 0 Å². The first kappa shape index (κ1) is 18.7. The SMILES string of the molecule is CC1(C)c2ccccc2-c2c1c1ccc(-c3ccc4ccccc4c3)cc1c1ccccc21. The normalized spacial score (nSPS) is 14.0. The van der Waals surface area contributed by atoms with Crippen LogP contribution in [0.25, 0.3) is 54.6 Å². The Hall–Kier alpha value is -3.90. The zero-order valence-corrected chi connectivity index (χ0v) is 18.9. The molecule has 0 spiro atoms. The Morgan fingerprint density at radius 3 is 2.03 bits per heavy atom. The van der Waals surface area contributed by atoms with Gasteiger partial charge in [0.1, 0.15) is 0 Å². The van der Waals surface area contributed by atoms with Crippen molar-refractivity contribution in [1.82, 2.24) is 0 Å². The van der Waals surface area contributed by atoms with Crippen molar-refractivity contribution in [3.05, 3.63) is 120 Å². The van der Waals surface area contributed by atoms with Crippen LogP contribution in [-0.2, 0) is 5.41 Å². The van der Waals surface area contributed by atoms with Crippen molar-refractivity contribution in [2.75, 3.05) is 0 Å². The average Bonchev–Trinajstić information content (AvgIpc) is 3.11. The highest BCUT2D eigenvalue weighted by Gasteiger charge is 2.38. The molecule has 156 valence electrons. The molecule has 0 N–H and O–H groups in total. The van der Waals surface area contributed by atoms with Crippen LogP contribution >= 0.6 is 0 Å². The zero-order valence-electron chi connectivity index (χ0n) is 18.9. The van der Waals surface area contributed by atoms with Gasteiger partial charge in [0.15, 0.2) is 0 Å². The fourth-order valence-corrected chi connectivity index (χ4v) is 6.05. The molecule has 0 aliphatic heterocycles. The summed E-state index contributed by atoms with van der Waals surface area (Å²) in [7, 11) is 0. The monoisotopic (exact) mass is 420 g/mol. The molecule has 0 radical (unpaired) electrons. The summed E-state index contributed by atoms with van der Waals surface area (Å²) < 4.78 is 0. The molecule has 0 aromatic heterocycles. The van der Waals surface area contributed by atoms with Crippen molar-refractivity contribution >= 4 is 32.3 Å². The molecule has 6 aromatic rings. The number of rotatable bonds is 1. The summed E-state index contributed by atoms with van der Waals surface area (Å²) in [6.45, 7) is 4.76. The van der Waals surface area contributed by atoms with Crippen LogP contribution < -0.4 is 0 Å². The van der Waals surface area contributed by atoms with Crippen LogP contribution in [0.5, 0.6) is 0 Å². The smallest absolute Gasteiger partial charge is 0.0165 e. The molecule has 0 atom stereocenters.